The quantitative estimate of drug-likeness (QED) is 0.648. The third-order valence-electron chi connectivity index (χ3n) is 5.28. The summed E-state index contributed by atoms with van der Waals surface area (Å²) in [6.07, 6.45) is 0.835. The van der Waals surface area contributed by atoms with Gasteiger partial charge in [0, 0.05) is 30.4 Å². The van der Waals surface area contributed by atoms with Crippen molar-refractivity contribution in [2.75, 3.05) is 39.1 Å². The summed E-state index contributed by atoms with van der Waals surface area (Å²) in [5.41, 5.74) is 2.41. The Bertz CT molecular complexity index is 832. The van der Waals surface area contributed by atoms with E-state index in [0.717, 1.165) is 12.2 Å². The molecule has 2 amide bonds. The minimum atomic E-state index is -0.105. The Labute approximate surface area is 179 Å². The van der Waals surface area contributed by atoms with Crippen molar-refractivity contribution in [3.05, 3.63) is 59.7 Å². The monoisotopic (exact) mass is 411 g/mol. The molecule has 1 atom stereocenters. The van der Waals surface area contributed by atoms with Gasteiger partial charge in [-0.05, 0) is 70.1 Å². The minimum absolute atomic E-state index is 0.0265. The van der Waals surface area contributed by atoms with E-state index >= 15 is 0 Å². The second-order valence-corrected chi connectivity index (χ2v) is 7.42. The number of hydrogen-bond donors (Lipinski definition) is 1. The van der Waals surface area contributed by atoms with Gasteiger partial charge in [-0.15, -0.1) is 0 Å². The molecule has 0 saturated heterocycles. The lowest BCUT2D eigenvalue weighted by Gasteiger charge is -2.24. The van der Waals surface area contributed by atoms with Gasteiger partial charge < -0.3 is 15.0 Å². The van der Waals surface area contributed by atoms with E-state index < -0.39 is 0 Å². The maximum atomic E-state index is 12.5. The third kappa shape index (κ3) is 6.59. The van der Waals surface area contributed by atoms with E-state index in [-0.39, 0.29) is 24.4 Å². The van der Waals surface area contributed by atoms with Crippen molar-refractivity contribution in [2.45, 2.75) is 33.2 Å². The minimum Gasteiger partial charge on any atom is -0.497 e. The Balaban J connectivity index is 1.92. The molecular formula is C24H33N3O3. The van der Waals surface area contributed by atoms with Crippen LogP contribution in [0.5, 0.6) is 5.75 Å². The number of likely N-dealkylation sites (N-methyl/N-ethyl adjacent to an activating group) is 1. The van der Waals surface area contributed by atoms with Crippen LogP contribution in [0, 0.1) is 0 Å². The second kappa shape index (κ2) is 11.4. The van der Waals surface area contributed by atoms with E-state index in [2.05, 4.69) is 12.2 Å². The van der Waals surface area contributed by atoms with Crippen LogP contribution in [0.1, 0.15) is 36.7 Å². The van der Waals surface area contributed by atoms with Crippen LogP contribution in [-0.4, -0.2) is 61.4 Å². The topological polar surface area (TPSA) is 61.9 Å². The molecule has 2 aromatic rings. The summed E-state index contributed by atoms with van der Waals surface area (Å²) >= 11 is 0. The number of amides is 2. The number of nitrogens with zero attached hydrogens (tertiary/aromatic N) is 2. The number of rotatable bonds is 10. The maximum Gasteiger partial charge on any atom is 0.253 e. The van der Waals surface area contributed by atoms with Crippen LogP contribution >= 0.6 is 0 Å². The van der Waals surface area contributed by atoms with Crippen LogP contribution in [0.4, 0.5) is 5.69 Å². The van der Waals surface area contributed by atoms with Crippen LogP contribution in [-0.2, 0) is 11.2 Å². The first-order valence-corrected chi connectivity index (χ1v) is 10.4. The van der Waals surface area contributed by atoms with Crippen molar-refractivity contribution in [1.29, 1.82) is 0 Å². The van der Waals surface area contributed by atoms with Crippen molar-refractivity contribution in [1.82, 2.24) is 9.80 Å². The molecule has 6 nitrogen and oxygen atoms in total. The zero-order chi connectivity index (χ0) is 22.1. The van der Waals surface area contributed by atoms with E-state index in [4.69, 9.17) is 4.74 Å². The Morgan fingerprint density at radius 3 is 2.33 bits per heavy atom. The summed E-state index contributed by atoms with van der Waals surface area (Å²) in [6, 6.07) is 15.3. The third-order valence-corrected chi connectivity index (χ3v) is 5.28. The molecule has 0 aliphatic rings. The van der Waals surface area contributed by atoms with Crippen molar-refractivity contribution in [3.8, 4) is 5.75 Å². The molecule has 0 aromatic heterocycles. The summed E-state index contributed by atoms with van der Waals surface area (Å²) in [7, 11) is 3.59. The Morgan fingerprint density at radius 2 is 1.73 bits per heavy atom. The fourth-order valence-corrected chi connectivity index (χ4v) is 3.26. The van der Waals surface area contributed by atoms with Gasteiger partial charge in [0.15, 0.2) is 0 Å². The molecule has 0 heterocycles. The van der Waals surface area contributed by atoms with Gasteiger partial charge >= 0.3 is 0 Å². The zero-order valence-corrected chi connectivity index (χ0v) is 18.6. The SMILES string of the molecule is CCN(CC)C(=O)c1cccc(NC(=O)CN(C)C(C)Cc2ccc(OC)cc2)c1. The molecule has 0 radical (unpaired) electrons. The molecule has 30 heavy (non-hydrogen) atoms. The molecule has 6 heteroatoms. The van der Waals surface area contributed by atoms with Gasteiger partial charge in [-0.25, -0.2) is 0 Å². The van der Waals surface area contributed by atoms with Crippen LogP contribution in [0.15, 0.2) is 48.5 Å². The number of anilines is 1. The number of carbonyl (C=O) groups excluding carboxylic acids is 2. The van der Waals surface area contributed by atoms with E-state index in [1.165, 1.54) is 5.56 Å². The summed E-state index contributed by atoms with van der Waals surface area (Å²) in [4.78, 5) is 28.8. The molecule has 162 valence electrons. The molecule has 0 spiro atoms. The lowest BCUT2D eigenvalue weighted by atomic mass is 10.1. The Morgan fingerprint density at radius 1 is 1.07 bits per heavy atom. The molecule has 0 fully saturated rings. The number of ether oxygens (including phenoxy) is 1. The van der Waals surface area contributed by atoms with Gasteiger partial charge in [-0.1, -0.05) is 18.2 Å². The molecular weight excluding hydrogens is 378 g/mol. The fourth-order valence-electron chi connectivity index (χ4n) is 3.26. The fraction of sp³-hybridized carbons (Fsp3) is 0.417. The first-order valence-electron chi connectivity index (χ1n) is 10.4. The lowest BCUT2D eigenvalue weighted by molar-refractivity contribution is -0.117. The van der Waals surface area contributed by atoms with Gasteiger partial charge in [0.05, 0.1) is 13.7 Å². The van der Waals surface area contributed by atoms with Gasteiger partial charge in [0.2, 0.25) is 5.91 Å². The molecule has 2 aromatic carbocycles. The van der Waals surface area contributed by atoms with Gasteiger partial charge in [-0.2, -0.15) is 0 Å². The largest absolute Gasteiger partial charge is 0.497 e. The first-order chi connectivity index (χ1) is 14.4. The highest BCUT2D eigenvalue weighted by molar-refractivity contribution is 5.97. The van der Waals surface area contributed by atoms with E-state index in [0.29, 0.717) is 24.3 Å². The van der Waals surface area contributed by atoms with Gasteiger partial charge in [0.1, 0.15) is 5.75 Å². The van der Waals surface area contributed by atoms with E-state index in [9.17, 15) is 9.59 Å². The summed E-state index contributed by atoms with van der Waals surface area (Å²) in [6.45, 7) is 7.59. The first kappa shape index (κ1) is 23.4. The number of nitrogens with one attached hydrogen (secondary N) is 1. The number of methoxy groups -OCH3 is 1. The van der Waals surface area contributed by atoms with Crippen LogP contribution in [0.3, 0.4) is 0 Å². The zero-order valence-electron chi connectivity index (χ0n) is 18.6. The smallest absolute Gasteiger partial charge is 0.253 e. The van der Waals surface area contributed by atoms with Crippen LogP contribution in [0.2, 0.25) is 0 Å². The normalized spacial score (nSPS) is 11.8. The highest BCUT2D eigenvalue weighted by Gasteiger charge is 2.16. The molecule has 0 bridgehead atoms. The number of carbonyl (C=O) groups is 2. The predicted molar refractivity (Wildman–Crippen MR) is 121 cm³/mol. The number of benzene rings is 2. The summed E-state index contributed by atoms with van der Waals surface area (Å²) in [5.74, 6) is 0.702. The van der Waals surface area contributed by atoms with Crippen LogP contribution < -0.4 is 10.1 Å². The number of hydrogen-bond acceptors (Lipinski definition) is 4. The average Bonchev–Trinajstić information content (AvgIpc) is 2.75. The maximum absolute atomic E-state index is 12.5. The van der Waals surface area contributed by atoms with Gasteiger partial charge in [0.25, 0.3) is 5.91 Å². The van der Waals surface area contributed by atoms with Crippen molar-refractivity contribution < 1.29 is 14.3 Å². The predicted octanol–water partition coefficient (Wildman–Crippen LogP) is 3.68. The highest BCUT2D eigenvalue weighted by atomic mass is 16.5. The Kier molecular flexibility index (Phi) is 8.87. The molecule has 2 rings (SSSR count). The van der Waals surface area contributed by atoms with Gasteiger partial charge in [-0.3, -0.25) is 14.5 Å². The molecule has 1 unspecified atom stereocenters. The summed E-state index contributed by atoms with van der Waals surface area (Å²) in [5, 5.41) is 2.91. The second-order valence-electron chi connectivity index (χ2n) is 7.42. The molecule has 0 aliphatic carbocycles. The standard InChI is InChI=1S/C24H33N3O3/c1-6-27(7-2)24(29)20-9-8-10-21(16-20)25-23(28)17-26(4)18(3)15-19-11-13-22(30-5)14-12-19/h8-14,16,18H,6-7,15,17H2,1-5H3,(H,25,28). The van der Waals surface area contributed by atoms with Crippen LogP contribution in [0.25, 0.3) is 0 Å². The van der Waals surface area contributed by atoms with Crippen molar-refractivity contribution in [3.63, 3.8) is 0 Å². The highest BCUT2D eigenvalue weighted by Crippen LogP contribution is 2.15. The van der Waals surface area contributed by atoms with E-state index in [1.807, 2.05) is 50.1 Å². The van der Waals surface area contributed by atoms with Crippen molar-refractivity contribution in [2.24, 2.45) is 0 Å². The molecule has 0 saturated carbocycles. The lowest BCUT2D eigenvalue weighted by Crippen LogP contribution is -2.37. The average molecular weight is 412 g/mol. The van der Waals surface area contributed by atoms with E-state index in [1.54, 1.807) is 36.3 Å². The molecule has 0 aliphatic heterocycles. The van der Waals surface area contributed by atoms with Crippen molar-refractivity contribution >= 4 is 17.5 Å². The molecule has 1 N–H and O–H groups in total. The Hall–Kier alpha value is -2.86. The summed E-state index contributed by atoms with van der Waals surface area (Å²) < 4.78 is 5.19.